The smallest absolute Gasteiger partial charge is 0.277 e. The van der Waals surface area contributed by atoms with E-state index >= 15 is 0 Å². The van der Waals surface area contributed by atoms with Crippen molar-refractivity contribution in [2.24, 2.45) is 5.10 Å². The number of hydrazone groups is 1. The molecule has 1 saturated heterocycles. The summed E-state index contributed by atoms with van der Waals surface area (Å²) < 4.78 is 7.18. The highest BCUT2D eigenvalue weighted by atomic mass is 79.9. The van der Waals surface area contributed by atoms with E-state index < -0.39 is 0 Å². The molecule has 0 atom stereocenters. The number of benzene rings is 2. The van der Waals surface area contributed by atoms with Gasteiger partial charge in [-0.3, -0.25) is 4.79 Å². The largest absolute Gasteiger partial charge is 0.483 e. The van der Waals surface area contributed by atoms with Gasteiger partial charge in [-0.05, 0) is 64.7 Å². The minimum absolute atomic E-state index is 0.106. The van der Waals surface area contributed by atoms with Crippen molar-refractivity contribution in [3.63, 3.8) is 0 Å². The molecule has 5 nitrogen and oxygen atoms in total. The lowest BCUT2D eigenvalue weighted by Crippen LogP contribution is -2.24. The van der Waals surface area contributed by atoms with Crippen molar-refractivity contribution < 1.29 is 9.53 Å². The molecule has 0 spiro atoms. The maximum Gasteiger partial charge on any atom is 0.277 e. The molecule has 1 aliphatic heterocycles. The zero-order valence-electron chi connectivity index (χ0n) is 14.1. The third-order valence-electron chi connectivity index (χ3n) is 4.02. The van der Waals surface area contributed by atoms with Crippen molar-refractivity contribution in [2.45, 2.75) is 12.8 Å². The van der Waals surface area contributed by atoms with Gasteiger partial charge in [0.25, 0.3) is 5.91 Å². The number of nitrogens with zero attached hydrogens (tertiary/aromatic N) is 2. The highest BCUT2D eigenvalue weighted by Crippen LogP contribution is 2.28. The molecule has 0 bridgehead atoms. The van der Waals surface area contributed by atoms with Crippen molar-refractivity contribution in [3.8, 4) is 5.75 Å². The fourth-order valence-corrected chi connectivity index (χ4v) is 3.85. The second kappa shape index (κ2) is 9.19. The van der Waals surface area contributed by atoms with E-state index in [1.54, 1.807) is 12.3 Å². The van der Waals surface area contributed by atoms with Crippen molar-refractivity contribution >= 4 is 49.7 Å². The van der Waals surface area contributed by atoms with Crippen molar-refractivity contribution in [3.05, 3.63) is 57.0 Å². The zero-order valence-corrected chi connectivity index (χ0v) is 17.3. The fourth-order valence-electron chi connectivity index (χ4n) is 2.69. The Labute approximate surface area is 169 Å². The maximum absolute atomic E-state index is 11.8. The predicted molar refractivity (Wildman–Crippen MR) is 111 cm³/mol. The van der Waals surface area contributed by atoms with Gasteiger partial charge >= 0.3 is 0 Å². The summed E-state index contributed by atoms with van der Waals surface area (Å²) >= 11 is 6.76. The SMILES string of the molecule is O=C(COc1ccc(Br)cc1Br)N/N=C/c1ccc(N2CCCC2)cc1. The zero-order chi connectivity index (χ0) is 18.4. The molecule has 1 amide bonds. The van der Waals surface area contributed by atoms with Crippen LogP contribution in [0.3, 0.4) is 0 Å². The van der Waals surface area contributed by atoms with E-state index in [0.717, 1.165) is 27.6 Å². The van der Waals surface area contributed by atoms with E-state index in [-0.39, 0.29) is 12.5 Å². The van der Waals surface area contributed by atoms with Crippen molar-refractivity contribution in [1.82, 2.24) is 5.43 Å². The molecule has 2 aromatic carbocycles. The van der Waals surface area contributed by atoms with Crippen LogP contribution < -0.4 is 15.1 Å². The van der Waals surface area contributed by atoms with Gasteiger partial charge in [-0.2, -0.15) is 5.10 Å². The average molecular weight is 481 g/mol. The number of ether oxygens (including phenoxy) is 1. The van der Waals surface area contributed by atoms with Gasteiger partial charge in [-0.1, -0.05) is 28.1 Å². The summed E-state index contributed by atoms with van der Waals surface area (Å²) in [7, 11) is 0. The number of hydrogen-bond acceptors (Lipinski definition) is 4. The van der Waals surface area contributed by atoms with Gasteiger partial charge in [0.15, 0.2) is 6.61 Å². The van der Waals surface area contributed by atoms with Crippen LogP contribution in [-0.4, -0.2) is 31.8 Å². The summed E-state index contributed by atoms with van der Waals surface area (Å²) in [5.74, 6) is 0.287. The molecule has 1 fully saturated rings. The molecule has 0 aliphatic carbocycles. The minimum atomic E-state index is -0.315. The Morgan fingerprint density at radius 2 is 1.88 bits per heavy atom. The van der Waals surface area contributed by atoms with E-state index in [2.05, 4.69) is 59.4 Å². The van der Waals surface area contributed by atoms with Crippen LogP contribution in [0.25, 0.3) is 0 Å². The molecule has 0 aromatic heterocycles. The average Bonchev–Trinajstić information content (AvgIpc) is 3.16. The quantitative estimate of drug-likeness (QED) is 0.494. The highest BCUT2D eigenvalue weighted by Gasteiger charge is 2.11. The van der Waals surface area contributed by atoms with Crippen LogP contribution in [0.5, 0.6) is 5.75 Å². The molecule has 0 saturated carbocycles. The second-order valence-corrected chi connectivity index (χ2v) is 7.71. The Morgan fingerprint density at radius 1 is 1.15 bits per heavy atom. The van der Waals surface area contributed by atoms with Crippen LogP contribution in [0.4, 0.5) is 5.69 Å². The molecule has 1 N–H and O–H groups in total. The summed E-state index contributed by atoms with van der Waals surface area (Å²) in [4.78, 5) is 14.2. The predicted octanol–water partition coefficient (Wildman–Crippen LogP) is 4.34. The fraction of sp³-hybridized carbons (Fsp3) is 0.263. The highest BCUT2D eigenvalue weighted by molar-refractivity contribution is 9.11. The van der Waals surface area contributed by atoms with Gasteiger partial charge in [-0.25, -0.2) is 5.43 Å². The number of anilines is 1. The van der Waals surface area contributed by atoms with E-state index in [1.165, 1.54) is 18.5 Å². The summed E-state index contributed by atoms with van der Waals surface area (Å²) in [6, 6.07) is 13.7. The van der Waals surface area contributed by atoms with Crippen LogP contribution in [0.2, 0.25) is 0 Å². The standard InChI is InChI=1S/C19H19Br2N3O2/c20-15-5-8-18(17(21)11-15)26-13-19(25)23-22-12-14-3-6-16(7-4-14)24-9-1-2-10-24/h3-8,11-12H,1-2,9-10,13H2,(H,23,25)/b22-12+. The van der Waals surface area contributed by atoms with Gasteiger partial charge < -0.3 is 9.64 Å². The van der Waals surface area contributed by atoms with E-state index in [0.29, 0.717) is 5.75 Å². The van der Waals surface area contributed by atoms with E-state index in [1.807, 2.05) is 24.3 Å². The first kappa shape index (κ1) is 18.9. The topological polar surface area (TPSA) is 53.9 Å². The van der Waals surface area contributed by atoms with Crippen molar-refractivity contribution in [1.29, 1.82) is 0 Å². The molecular formula is C19H19Br2N3O2. The molecular weight excluding hydrogens is 462 g/mol. The van der Waals surface area contributed by atoms with Crippen LogP contribution >= 0.6 is 31.9 Å². The summed E-state index contributed by atoms with van der Waals surface area (Å²) in [6.45, 7) is 2.14. The number of amides is 1. The molecule has 2 aromatic rings. The lowest BCUT2D eigenvalue weighted by molar-refractivity contribution is -0.123. The second-order valence-electron chi connectivity index (χ2n) is 5.94. The normalized spacial score (nSPS) is 14.0. The molecule has 1 aliphatic rings. The first-order valence-corrected chi connectivity index (χ1v) is 9.95. The van der Waals surface area contributed by atoms with E-state index in [9.17, 15) is 4.79 Å². The molecule has 3 rings (SSSR count). The molecule has 7 heteroatoms. The third kappa shape index (κ3) is 5.32. The first-order valence-electron chi connectivity index (χ1n) is 8.36. The summed E-state index contributed by atoms with van der Waals surface area (Å²) in [5.41, 5.74) is 4.64. The van der Waals surface area contributed by atoms with Gasteiger partial charge in [-0.15, -0.1) is 0 Å². The van der Waals surface area contributed by atoms with E-state index in [4.69, 9.17) is 4.74 Å². The monoisotopic (exact) mass is 479 g/mol. The van der Waals surface area contributed by atoms with Crippen LogP contribution in [0, 0.1) is 0 Å². The van der Waals surface area contributed by atoms with Crippen molar-refractivity contribution in [2.75, 3.05) is 24.6 Å². The Bertz CT molecular complexity index is 788. The lowest BCUT2D eigenvalue weighted by atomic mass is 10.2. The summed E-state index contributed by atoms with van der Waals surface area (Å²) in [5, 5.41) is 3.98. The molecule has 1 heterocycles. The Kier molecular flexibility index (Phi) is 6.68. The van der Waals surface area contributed by atoms with Crippen LogP contribution in [0.1, 0.15) is 18.4 Å². The third-order valence-corrected chi connectivity index (χ3v) is 5.13. The van der Waals surface area contributed by atoms with Crippen LogP contribution in [0.15, 0.2) is 56.5 Å². The van der Waals surface area contributed by atoms with Gasteiger partial charge in [0, 0.05) is 23.2 Å². The Hall–Kier alpha value is -1.86. The van der Waals surface area contributed by atoms with Gasteiger partial charge in [0.2, 0.25) is 0 Å². The Balaban J connectivity index is 1.46. The molecule has 0 unspecified atom stereocenters. The van der Waals surface area contributed by atoms with Gasteiger partial charge in [0.1, 0.15) is 5.75 Å². The number of nitrogens with one attached hydrogen (secondary N) is 1. The lowest BCUT2D eigenvalue weighted by Gasteiger charge is -2.17. The minimum Gasteiger partial charge on any atom is -0.483 e. The number of rotatable bonds is 6. The number of halogens is 2. The molecule has 0 radical (unpaired) electrons. The Morgan fingerprint density at radius 3 is 2.58 bits per heavy atom. The maximum atomic E-state index is 11.8. The van der Waals surface area contributed by atoms with Crippen LogP contribution in [-0.2, 0) is 4.79 Å². The molecule has 26 heavy (non-hydrogen) atoms. The summed E-state index contributed by atoms with van der Waals surface area (Å²) in [6.07, 6.45) is 4.14. The first-order chi connectivity index (χ1) is 12.6. The molecule has 136 valence electrons. The number of hydrogen-bond donors (Lipinski definition) is 1. The number of carbonyl (C=O) groups excluding carboxylic acids is 1. The number of carbonyl (C=O) groups is 1. The van der Waals surface area contributed by atoms with Gasteiger partial charge in [0.05, 0.1) is 10.7 Å².